The molecular weight excluding hydrogens is 237 g/mol. The summed E-state index contributed by atoms with van der Waals surface area (Å²) in [5.41, 5.74) is -1.80. The van der Waals surface area contributed by atoms with Crippen LogP contribution in [0.5, 0.6) is 5.75 Å². The minimum absolute atomic E-state index is 0.00366. The number of benzene rings is 1. The molecule has 0 heterocycles. The first-order valence-corrected chi connectivity index (χ1v) is 4.72. The van der Waals surface area contributed by atoms with E-state index in [1.807, 2.05) is 0 Å². The summed E-state index contributed by atoms with van der Waals surface area (Å²) in [7, 11) is 0. The summed E-state index contributed by atoms with van der Waals surface area (Å²) in [4.78, 5) is 21.2. The van der Waals surface area contributed by atoms with E-state index in [9.17, 15) is 22.8 Å². The van der Waals surface area contributed by atoms with Crippen molar-refractivity contribution in [2.45, 2.75) is 13.1 Å². The highest BCUT2D eigenvalue weighted by molar-refractivity contribution is 5.85. The van der Waals surface area contributed by atoms with Crippen LogP contribution in [0.15, 0.2) is 12.1 Å². The van der Waals surface area contributed by atoms with E-state index in [4.69, 9.17) is 4.74 Å². The molecule has 1 aromatic carbocycles. The van der Waals surface area contributed by atoms with Crippen LogP contribution >= 0.6 is 0 Å². The standard InChI is InChI=1S/C11H9F3O3/c1-2-17-9-4-7(5-15)3-8(6-16)10(9)11(12,13)14/h3-6H,2H2,1H3. The van der Waals surface area contributed by atoms with Gasteiger partial charge >= 0.3 is 6.18 Å². The highest BCUT2D eigenvalue weighted by Crippen LogP contribution is 2.38. The predicted octanol–water partition coefficient (Wildman–Crippen LogP) is 2.73. The average molecular weight is 246 g/mol. The van der Waals surface area contributed by atoms with Crippen LogP contribution in [0.25, 0.3) is 0 Å². The third-order valence-electron chi connectivity index (χ3n) is 2.00. The summed E-state index contributed by atoms with van der Waals surface area (Å²) in [6.45, 7) is 1.51. The molecule has 0 spiro atoms. The molecule has 0 radical (unpaired) electrons. The molecule has 92 valence electrons. The molecule has 6 heteroatoms. The van der Waals surface area contributed by atoms with E-state index in [1.165, 1.54) is 6.92 Å². The van der Waals surface area contributed by atoms with Crippen LogP contribution in [0.3, 0.4) is 0 Å². The van der Waals surface area contributed by atoms with Gasteiger partial charge in [-0.15, -0.1) is 0 Å². The van der Waals surface area contributed by atoms with E-state index in [0.29, 0.717) is 6.29 Å². The Kier molecular flexibility index (Phi) is 3.88. The van der Waals surface area contributed by atoms with Gasteiger partial charge in [0.05, 0.1) is 6.61 Å². The highest BCUT2D eigenvalue weighted by Gasteiger charge is 2.37. The maximum Gasteiger partial charge on any atom is 0.420 e. The van der Waals surface area contributed by atoms with Crippen molar-refractivity contribution < 1.29 is 27.5 Å². The second-order valence-electron chi connectivity index (χ2n) is 3.15. The lowest BCUT2D eigenvalue weighted by molar-refractivity contribution is -0.139. The predicted molar refractivity (Wildman–Crippen MR) is 53.4 cm³/mol. The van der Waals surface area contributed by atoms with Gasteiger partial charge in [0.1, 0.15) is 17.6 Å². The van der Waals surface area contributed by atoms with Crippen LogP contribution in [0.2, 0.25) is 0 Å². The van der Waals surface area contributed by atoms with Gasteiger partial charge in [0.2, 0.25) is 0 Å². The molecule has 1 aromatic rings. The Labute approximate surface area is 95.2 Å². The molecule has 0 saturated heterocycles. The molecule has 0 aromatic heterocycles. The monoisotopic (exact) mass is 246 g/mol. The largest absolute Gasteiger partial charge is 0.493 e. The first-order chi connectivity index (χ1) is 7.93. The zero-order valence-corrected chi connectivity index (χ0v) is 8.88. The first-order valence-electron chi connectivity index (χ1n) is 4.72. The maximum absolute atomic E-state index is 12.7. The lowest BCUT2D eigenvalue weighted by atomic mass is 10.0. The van der Waals surface area contributed by atoms with Crippen molar-refractivity contribution in [3.63, 3.8) is 0 Å². The lowest BCUT2D eigenvalue weighted by Gasteiger charge is -2.15. The Morgan fingerprint density at radius 1 is 1.24 bits per heavy atom. The van der Waals surface area contributed by atoms with Crippen molar-refractivity contribution in [3.05, 3.63) is 28.8 Å². The Bertz CT molecular complexity index is 438. The molecule has 0 aliphatic rings. The number of carbonyl (C=O) groups is 2. The van der Waals surface area contributed by atoms with Gasteiger partial charge in [0, 0.05) is 11.1 Å². The van der Waals surface area contributed by atoms with Crippen LogP contribution in [0.1, 0.15) is 33.2 Å². The molecule has 0 aliphatic heterocycles. The number of aldehydes is 2. The Morgan fingerprint density at radius 2 is 1.88 bits per heavy atom. The highest BCUT2D eigenvalue weighted by atomic mass is 19.4. The topological polar surface area (TPSA) is 43.4 Å². The summed E-state index contributed by atoms with van der Waals surface area (Å²) in [6, 6.07) is 1.84. The van der Waals surface area contributed by atoms with Gasteiger partial charge in [0.25, 0.3) is 0 Å². The van der Waals surface area contributed by atoms with Crippen molar-refractivity contribution in [1.29, 1.82) is 0 Å². The van der Waals surface area contributed by atoms with Gasteiger partial charge in [-0.3, -0.25) is 9.59 Å². The van der Waals surface area contributed by atoms with Crippen LogP contribution < -0.4 is 4.74 Å². The number of carbonyl (C=O) groups excluding carboxylic acids is 2. The van der Waals surface area contributed by atoms with Crippen LogP contribution in [-0.2, 0) is 6.18 Å². The fraction of sp³-hybridized carbons (Fsp3) is 0.273. The quantitative estimate of drug-likeness (QED) is 0.767. The Balaban J connectivity index is 3.51. The summed E-state index contributed by atoms with van der Waals surface area (Å²) in [5, 5.41) is 0. The second-order valence-corrected chi connectivity index (χ2v) is 3.15. The summed E-state index contributed by atoms with van der Waals surface area (Å²) in [5.74, 6) is -0.508. The van der Waals surface area contributed by atoms with Gasteiger partial charge in [-0.1, -0.05) is 0 Å². The van der Waals surface area contributed by atoms with Crippen LogP contribution in [-0.4, -0.2) is 19.2 Å². The summed E-state index contributed by atoms with van der Waals surface area (Å²) in [6.07, 6.45) is -4.30. The number of hydrogen-bond acceptors (Lipinski definition) is 3. The molecule has 0 N–H and O–H groups in total. The Morgan fingerprint density at radius 3 is 2.29 bits per heavy atom. The molecule has 0 amide bonds. The van der Waals surface area contributed by atoms with Crippen molar-refractivity contribution in [2.24, 2.45) is 0 Å². The normalized spacial score (nSPS) is 11.1. The molecule has 0 fully saturated rings. The van der Waals surface area contributed by atoms with Gasteiger partial charge in [-0.2, -0.15) is 13.2 Å². The van der Waals surface area contributed by atoms with Crippen molar-refractivity contribution in [2.75, 3.05) is 6.61 Å². The minimum Gasteiger partial charge on any atom is -0.493 e. The van der Waals surface area contributed by atoms with Crippen molar-refractivity contribution >= 4 is 12.6 Å². The number of alkyl halides is 3. The average Bonchev–Trinajstić information content (AvgIpc) is 2.26. The fourth-order valence-corrected chi connectivity index (χ4v) is 1.39. The Hall–Kier alpha value is -1.85. The van der Waals surface area contributed by atoms with Crippen molar-refractivity contribution in [1.82, 2.24) is 0 Å². The molecule has 0 unspecified atom stereocenters. The van der Waals surface area contributed by atoms with E-state index in [-0.39, 0.29) is 18.5 Å². The van der Waals surface area contributed by atoms with E-state index in [1.54, 1.807) is 0 Å². The van der Waals surface area contributed by atoms with Gasteiger partial charge in [-0.25, -0.2) is 0 Å². The van der Waals surface area contributed by atoms with Crippen LogP contribution in [0.4, 0.5) is 13.2 Å². The molecule has 3 nitrogen and oxygen atoms in total. The zero-order chi connectivity index (χ0) is 13.1. The second kappa shape index (κ2) is 4.99. The molecular formula is C11H9F3O3. The molecule has 17 heavy (non-hydrogen) atoms. The molecule has 1 rings (SSSR count). The lowest BCUT2D eigenvalue weighted by Crippen LogP contribution is -2.13. The fourth-order valence-electron chi connectivity index (χ4n) is 1.39. The molecule has 0 atom stereocenters. The number of halogens is 3. The van der Waals surface area contributed by atoms with E-state index in [2.05, 4.69) is 0 Å². The number of rotatable bonds is 4. The molecule has 0 bridgehead atoms. The molecule has 0 aliphatic carbocycles. The van der Waals surface area contributed by atoms with Crippen molar-refractivity contribution in [3.8, 4) is 5.75 Å². The SMILES string of the molecule is CCOc1cc(C=O)cc(C=O)c1C(F)(F)F. The summed E-state index contributed by atoms with van der Waals surface area (Å²) >= 11 is 0. The van der Waals surface area contributed by atoms with Crippen LogP contribution in [0, 0.1) is 0 Å². The maximum atomic E-state index is 12.7. The van der Waals surface area contributed by atoms with E-state index >= 15 is 0 Å². The van der Waals surface area contributed by atoms with Gasteiger partial charge < -0.3 is 4.74 Å². The zero-order valence-electron chi connectivity index (χ0n) is 8.88. The number of ether oxygens (including phenoxy) is 1. The number of hydrogen-bond donors (Lipinski definition) is 0. The van der Waals surface area contributed by atoms with E-state index < -0.39 is 23.1 Å². The third-order valence-corrected chi connectivity index (χ3v) is 2.00. The smallest absolute Gasteiger partial charge is 0.420 e. The van der Waals surface area contributed by atoms with E-state index in [0.717, 1.165) is 12.1 Å². The third kappa shape index (κ3) is 2.83. The molecule has 0 saturated carbocycles. The van der Waals surface area contributed by atoms with Gasteiger partial charge in [0.15, 0.2) is 6.29 Å². The first kappa shape index (κ1) is 13.2. The van der Waals surface area contributed by atoms with Gasteiger partial charge in [-0.05, 0) is 19.1 Å². The minimum atomic E-state index is -4.71. The summed E-state index contributed by atoms with van der Waals surface area (Å²) < 4.78 is 43.0.